The number of rotatable bonds is 1. The van der Waals surface area contributed by atoms with Crippen LogP contribution in [0.5, 0.6) is 0 Å². The number of para-hydroxylation sites is 1. The molecule has 4 heteroatoms. The average molecular weight is 283 g/mol. The minimum atomic E-state index is 0.0315. The van der Waals surface area contributed by atoms with E-state index in [1.54, 1.807) is 0 Å². The molecule has 3 rings (SSSR count). The molecule has 0 spiro atoms. The highest BCUT2D eigenvalue weighted by atomic mass is 16.2. The van der Waals surface area contributed by atoms with Gasteiger partial charge in [-0.05, 0) is 38.5 Å². The number of nitrogens with zero attached hydrogens (tertiary/aromatic N) is 2. The van der Waals surface area contributed by atoms with Gasteiger partial charge in [-0.25, -0.2) is 4.98 Å². The van der Waals surface area contributed by atoms with Gasteiger partial charge in [-0.3, -0.25) is 4.79 Å². The molecule has 1 aliphatic rings. The van der Waals surface area contributed by atoms with E-state index in [2.05, 4.69) is 24.1 Å². The van der Waals surface area contributed by atoms with Crippen molar-refractivity contribution < 1.29 is 4.79 Å². The highest BCUT2D eigenvalue weighted by Crippen LogP contribution is 2.19. The Kier molecular flexibility index (Phi) is 3.64. The van der Waals surface area contributed by atoms with Crippen LogP contribution in [-0.2, 0) is 0 Å². The first-order valence-corrected chi connectivity index (χ1v) is 7.46. The number of carbonyl (C=O) groups excluding carboxylic acids is 1. The fourth-order valence-corrected chi connectivity index (χ4v) is 3.11. The average Bonchev–Trinajstić information content (AvgIpc) is 2.45. The minimum absolute atomic E-state index is 0.0315. The van der Waals surface area contributed by atoms with Crippen LogP contribution in [0.4, 0.5) is 0 Å². The molecule has 1 saturated heterocycles. The number of benzene rings is 1. The third kappa shape index (κ3) is 2.76. The molecular formula is C17H21N3O. The van der Waals surface area contributed by atoms with Crippen molar-refractivity contribution in [2.24, 2.45) is 0 Å². The number of piperazine rings is 1. The predicted octanol–water partition coefficient (Wildman–Crippen LogP) is 2.37. The smallest absolute Gasteiger partial charge is 0.272 e. The van der Waals surface area contributed by atoms with Gasteiger partial charge >= 0.3 is 0 Å². The SMILES string of the molecule is Cc1cc(C(=O)N2C[C@H](C)N[C@@H](C)C2)nc2ccccc12. The van der Waals surface area contributed by atoms with E-state index in [0.717, 1.165) is 29.6 Å². The third-order valence-corrected chi connectivity index (χ3v) is 3.99. The van der Waals surface area contributed by atoms with Gasteiger partial charge in [0.15, 0.2) is 0 Å². The van der Waals surface area contributed by atoms with E-state index in [1.165, 1.54) is 0 Å². The van der Waals surface area contributed by atoms with Gasteiger partial charge in [0.1, 0.15) is 5.69 Å². The van der Waals surface area contributed by atoms with E-state index in [-0.39, 0.29) is 5.91 Å². The summed E-state index contributed by atoms with van der Waals surface area (Å²) < 4.78 is 0. The Balaban J connectivity index is 1.94. The lowest BCUT2D eigenvalue weighted by Gasteiger charge is -2.36. The molecule has 21 heavy (non-hydrogen) atoms. The maximum Gasteiger partial charge on any atom is 0.272 e. The molecule has 0 saturated carbocycles. The second-order valence-electron chi connectivity index (χ2n) is 6.02. The lowest BCUT2D eigenvalue weighted by Crippen LogP contribution is -2.55. The molecule has 1 N–H and O–H groups in total. The van der Waals surface area contributed by atoms with Crippen molar-refractivity contribution in [3.05, 3.63) is 41.6 Å². The van der Waals surface area contributed by atoms with Gasteiger partial charge in [0.25, 0.3) is 5.91 Å². The van der Waals surface area contributed by atoms with E-state index in [4.69, 9.17) is 0 Å². The normalized spacial score (nSPS) is 22.5. The number of aromatic nitrogens is 1. The van der Waals surface area contributed by atoms with Crippen molar-refractivity contribution in [2.75, 3.05) is 13.1 Å². The lowest BCUT2D eigenvalue weighted by atomic mass is 10.1. The summed E-state index contributed by atoms with van der Waals surface area (Å²) >= 11 is 0. The molecule has 110 valence electrons. The van der Waals surface area contributed by atoms with Crippen molar-refractivity contribution >= 4 is 16.8 Å². The Hall–Kier alpha value is -1.94. The molecule has 1 aliphatic heterocycles. The number of aryl methyl sites for hydroxylation is 1. The van der Waals surface area contributed by atoms with Crippen molar-refractivity contribution in [1.29, 1.82) is 0 Å². The molecule has 0 unspecified atom stereocenters. The van der Waals surface area contributed by atoms with Crippen LogP contribution >= 0.6 is 0 Å². The van der Waals surface area contributed by atoms with Crippen molar-refractivity contribution in [2.45, 2.75) is 32.9 Å². The first-order valence-electron chi connectivity index (χ1n) is 7.46. The number of fused-ring (bicyclic) bond motifs is 1. The Bertz CT molecular complexity index is 673. The lowest BCUT2D eigenvalue weighted by molar-refractivity contribution is 0.0668. The van der Waals surface area contributed by atoms with Crippen LogP contribution in [0, 0.1) is 6.92 Å². The minimum Gasteiger partial charge on any atom is -0.334 e. The first-order chi connectivity index (χ1) is 10.0. The maximum atomic E-state index is 12.7. The Morgan fingerprint density at radius 3 is 2.62 bits per heavy atom. The Labute approximate surface area is 125 Å². The van der Waals surface area contributed by atoms with Crippen molar-refractivity contribution in [3.63, 3.8) is 0 Å². The zero-order valence-corrected chi connectivity index (χ0v) is 12.8. The fourth-order valence-electron chi connectivity index (χ4n) is 3.11. The highest BCUT2D eigenvalue weighted by molar-refractivity contribution is 5.96. The summed E-state index contributed by atoms with van der Waals surface area (Å²) in [5, 5.41) is 4.55. The van der Waals surface area contributed by atoms with Gasteiger partial charge in [-0.15, -0.1) is 0 Å². The van der Waals surface area contributed by atoms with E-state index < -0.39 is 0 Å². The predicted molar refractivity (Wildman–Crippen MR) is 84.4 cm³/mol. The summed E-state index contributed by atoms with van der Waals surface area (Å²) in [6.45, 7) is 7.71. The van der Waals surface area contributed by atoms with Crippen LogP contribution in [0.2, 0.25) is 0 Å². The second-order valence-corrected chi connectivity index (χ2v) is 6.02. The monoisotopic (exact) mass is 283 g/mol. The number of pyridine rings is 1. The number of amides is 1. The molecule has 0 bridgehead atoms. The molecule has 1 amide bonds. The largest absolute Gasteiger partial charge is 0.334 e. The van der Waals surface area contributed by atoms with Gasteiger partial charge in [0.05, 0.1) is 5.52 Å². The fraction of sp³-hybridized carbons (Fsp3) is 0.412. The summed E-state index contributed by atoms with van der Waals surface area (Å²) in [5.41, 5.74) is 2.53. The van der Waals surface area contributed by atoms with E-state index in [1.807, 2.05) is 42.2 Å². The van der Waals surface area contributed by atoms with Gasteiger partial charge in [-0.2, -0.15) is 0 Å². The summed E-state index contributed by atoms with van der Waals surface area (Å²) in [7, 11) is 0. The van der Waals surface area contributed by atoms with Crippen LogP contribution < -0.4 is 5.32 Å². The van der Waals surface area contributed by atoms with Crippen LogP contribution in [0.25, 0.3) is 10.9 Å². The quantitative estimate of drug-likeness (QED) is 0.874. The molecule has 0 radical (unpaired) electrons. The number of nitrogens with one attached hydrogen (secondary N) is 1. The molecule has 2 atom stereocenters. The number of hydrogen-bond donors (Lipinski definition) is 1. The van der Waals surface area contributed by atoms with Crippen molar-refractivity contribution in [3.8, 4) is 0 Å². The van der Waals surface area contributed by atoms with Gasteiger partial charge in [-0.1, -0.05) is 18.2 Å². The highest BCUT2D eigenvalue weighted by Gasteiger charge is 2.26. The van der Waals surface area contributed by atoms with Crippen LogP contribution in [0.1, 0.15) is 29.9 Å². The van der Waals surface area contributed by atoms with E-state index >= 15 is 0 Å². The first kappa shape index (κ1) is 14.0. The third-order valence-electron chi connectivity index (χ3n) is 3.99. The van der Waals surface area contributed by atoms with Crippen LogP contribution in [0.3, 0.4) is 0 Å². The van der Waals surface area contributed by atoms with Gasteiger partial charge in [0, 0.05) is 30.6 Å². The summed E-state index contributed by atoms with van der Waals surface area (Å²) in [6, 6.07) is 10.5. The molecular weight excluding hydrogens is 262 g/mol. The molecule has 4 nitrogen and oxygen atoms in total. The van der Waals surface area contributed by atoms with Crippen molar-refractivity contribution in [1.82, 2.24) is 15.2 Å². The van der Waals surface area contributed by atoms with Gasteiger partial charge < -0.3 is 10.2 Å². The molecule has 1 fully saturated rings. The maximum absolute atomic E-state index is 12.7. The number of hydrogen-bond acceptors (Lipinski definition) is 3. The molecule has 1 aromatic carbocycles. The molecule has 0 aliphatic carbocycles. The Morgan fingerprint density at radius 1 is 1.24 bits per heavy atom. The number of carbonyl (C=O) groups is 1. The zero-order valence-electron chi connectivity index (χ0n) is 12.8. The topological polar surface area (TPSA) is 45.2 Å². The molecule has 2 aromatic rings. The van der Waals surface area contributed by atoms with Crippen LogP contribution in [-0.4, -0.2) is 41.0 Å². The second kappa shape index (κ2) is 5.45. The Morgan fingerprint density at radius 2 is 1.90 bits per heavy atom. The van der Waals surface area contributed by atoms with E-state index in [9.17, 15) is 4.79 Å². The zero-order chi connectivity index (χ0) is 15.0. The van der Waals surface area contributed by atoms with E-state index in [0.29, 0.717) is 17.8 Å². The van der Waals surface area contributed by atoms with Crippen LogP contribution in [0.15, 0.2) is 30.3 Å². The summed E-state index contributed by atoms with van der Waals surface area (Å²) in [4.78, 5) is 19.2. The standard InChI is InChI=1S/C17H21N3O/c1-11-8-16(19-15-7-5-4-6-14(11)15)17(21)20-9-12(2)18-13(3)10-20/h4-8,12-13,18H,9-10H2,1-3H3/t12-,13-/m0/s1. The molecule has 2 heterocycles. The van der Waals surface area contributed by atoms with Gasteiger partial charge in [0.2, 0.25) is 0 Å². The molecule has 1 aromatic heterocycles. The summed E-state index contributed by atoms with van der Waals surface area (Å²) in [5.74, 6) is 0.0315. The summed E-state index contributed by atoms with van der Waals surface area (Å²) in [6.07, 6.45) is 0.